The lowest BCUT2D eigenvalue weighted by Gasteiger charge is -2.26. The summed E-state index contributed by atoms with van der Waals surface area (Å²) in [5.74, 6) is 0. The summed E-state index contributed by atoms with van der Waals surface area (Å²) < 4.78 is 32.1. The van der Waals surface area contributed by atoms with Gasteiger partial charge in [0.05, 0.1) is 30.1 Å². The largest absolute Gasteiger partial charge is 0.366 e. The number of aryl methyl sites for hydroxylation is 1. The average Bonchev–Trinajstić information content (AvgIpc) is 2.98. The van der Waals surface area contributed by atoms with Crippen LogP contribution in [0.25, 0.3) is 0 Å². The number of benzene rings is 1. The van der Waals surface area contributed by atoms with Gasteiger partial charge in [0.1, 0.15) is 0 Å². The Labute approximate surface area is 127 Å². The van der Waals surface area contributed by atoms with Crippen LogP contribution < -0.4 is 0 Å². The van der Waals surface area contributed by atoms with Crippen LogP contribution in [-0.2, 0) is 14.6 Å². The average molecular weight is 323 g/mol. The highest BCUT2D eigenvalue weighted by atomic mass is 32.2. The molecule has 2 aliphatic heterocycles. The summed E-state index contributed by atoms with van der Waals surface area (Å²) in [7, 11) is -5.15. The van der Waals surface area contributed by atoms with Crippen molar-refractivity contribution in [2.45, 2.75) is 56.5 Å². The van der Waals surface area contributed by atoms with Gasteiger partial charge >= 0.3 is 0 Å². The second kappa shape index (κ2) is 4.79. The fraction of sp³-hybridized carbons (Fsp3) is 0.500. The molecule has 0 spiro atoms. The first kappa shape index (κ1) is 15.0. The van der Waals surface area contributed by atoms with Gasteiger partial charge in [0.25, 0.3) is 0 Å². The monoisotopic (exact) mass is 322 g/mol. The smallest absolute Gasteiger partial charge is 0.205 e. The summed E-state index contributed by atoms with van der Waals surface area (Å²) in [5, 5.41) is 1.11. The molecule has 2 aliphatic rings. The molecule has 0 N–H and O–H groups in total. The first-order valence-electron chi connectivity index (χ1n) is 7.43. The lowest BCUT2D eigenvalue weighted by atomic mass is 10.1. The van der Waals surface area contributed by atoms with Crippen molar-refractivity contribution in [3.63, 3.8) is 0 Å². The number of rotatable bonds is 3. The van der Waals surface area contributed by atoms with E-state index in [1.54, 1.807) is 12.1 Å². The van der Waals surface area contributed by atoms with Crippen LogP contribution in [0.3, 0.4) is 0 Å². The quantitative estimate of drug-likeness (QED) is 0.800. The predicted octanol–water partition coefficient (Wildman–Crippen LogP) is 3.46. The molecule has 5 heteroatoms. The Kier molecular flexibility index (Phi) is 3.42. The van der Waals surface area contributed by atoms with Gasteiger partial charge < -0.3 is 4.74 Å². The van der Waals surface area contributed by atoms with Crippen molar-refractivity contribution in [1.82, 2.24) is 0 Å². The topological polar surface area (TPSA) is 43.4 Å². The van der Waals surface area contributed by atoms with Crippen LogP contribution >= 0.6 is 0 Å². The van der Waals surface area contributed by atoms with E-state index in [-0.39, 0.29) is 12.2 Å². The zero-order valence-electron chi connectivity index (χ0n) is 13.0. The van der Waals surface area contributed by atoms with E-state index in [4.69, 9.17) is 4.74 Å². The van der Waals surface area contributed by atoms with Gasteiger partial charge in [-0.1, -0.05) is 37.3 Å². The normalized spacial score (nSPS) is 25.7. The zero-order chi connectivity index (χ0) is 15.4. The Morgan fingerprint density at radius 2 is 1.62 bits per heavy atom. The van der Waals surface area contributed by atoms with Crippen molar-refractivity contribution >= 4 is 17.9 Å². The van der Waals surface area contributed by atoms with E-state index in [0.29, 0.717) is 9.80 Å². The van der Waals surface area contributed by atoms with Crippen LogP contribution in [0.1, 0.15) is 18.4 Å². The molecule has 2 bridgehead atoms. The van der Waals surface area contributed by atoms with Crippen LogP contribution in [0.4, 0.5) is 0 Å². The number of sulfone groups is 1. The Balaban J connectivity index is 2.17. The molecular formula is C16H22O3SSi. The van der Waals surface area contributed by atoms with E-state index in [1.807, 2.05) is 19.1 Å². The van der Waals surface area contributed by atoms with Crippen LogP contribution in [0.2, 0.25) is 19.6 Å². The summed E-state index contributed by atoms with van der Waals surface area (Å²) in [6, 6.07) is 7.14. The van der Waals surface area contributed by atoms with Crippen LogP contribution in [-0.4, -0.2) is 28.7 Å². The molecule has 1 saturated heterocycles. The van der Waals surface area contributed by atoms with Gasteiger partial charge in [0.2, 0.25) is 9.84 Å². The highest BCUT2D eigenvalue weighted by molar-refractivity contribution is 7.95. The third kappa shape index (κ3) is 2.41. The van der Waals surface area contributed by atoms with Crippen molar-refractivity contribution in [2.24, 2.45) is 0 Å². The molecule has 21 heavy (non-hydrogen) atoms. The molecule has 1 aromatic carbocycles. The Morgan fingerprint density at radius 1 is 1.05 bits per heavy atom. The minimum absolute atomic E-state index is 0.0388. The first-order valence-corrected chi connectivity index (χ1v) is 12.4. The van der Waals surface area contributed by atoms with Gasteiger partial charge in [-0.2, -0.15) is 0 Å². The fourth-order valence-electron chi connectivity index (χ4n) is 3.39. The molecule has 0 aromatic heterocycles. The second-order valence-electron chi connectivity index (χ2n) is 7.04. The first-order chi connectivity index (χ1) is 9.71. The molecule has 2 atom stereocenters. The number of fused-ring (bicyclic) bond motifs is 2. The molecule has 0 amide bonds. The second-order valence-corrected chi connectivity index (χ2v) is 14.0. The molecule has 3 rings (SSSR count). The third-order valence-corrected chi connectivity index (χ3v) is 8.67. The van der Waals surface area contributed by atoms with Crippen LogP contribution in [0, 0.1) is 6.92 Å². The van der Waals surface area contributed by atoms with Crippen LogP contribution in [0.15, 0.2) is 39.3 Å². The lowest BCUT2D eigenvalue weighted by Crippen LogP contribution is -2.33. The van der Waals surface area contributed by atoms with Gasteiger partial charge in [-0.05, 0) is 37.1 Å². The molecule has 114 valence electrons. The SMILES string of the molecule is Cc1ccc(S(=O)(=O)C2=C([Si](C)(C)C)[C@H]3CC[C@@H]2O3)cc1. The molecule has 1 aromatic rings. The molecule has 0 saturated carbocycles. The highest BCUT2D eigenvalue weighted by Crippen LogP contribution is 2.46. The Hall–Kier alpha value is -0.913. The van der Waals surface area contributed by atoms with Gasteiger partial charge in [-0.25, -0.2) is 8.42 Å². The molecule has 0 radical (unpaired) electrons. The summed E-state index contributed by atoms with van der Waals surface area (Å²) >= 11 is 0. The van der Waals surface area contributed by atoms with E-state index in [2.05, 4.69) is 19.6 Å². The summed E-state index contributed by atoms with van der Waals surface area (Å²) in [5.41, 5.74) is 1.07. The fourth-order valence-corrected chi connectivity index (χ4v) is 8.48. The van der Waals surface area contributed by atoms with E-state index in [1.165, 1.54) is 0 Å². The van der Waals surface area contributed by atoms with Gasteiger partial charge in [-0.3, -0.25) is 0 Å². The number of hydrogen-bond acceptors (Lipinski definition) is 3. The van der Waals surface area contributed by atoms with E-state index >= 15 is 0 Å². The predicted molar refractivity (Wildman–Crippen MR) is 86.6 cm³/mol. The van der Waals surface area contributed by atoms with Gasteiger partial charge in [0.15, 0.2) is 0 Å². The maximum Gasteiger partial charge on any atom is 0.205 e. The third-order valence-electron chi connectivity index (χ3n) is 4.33. The summed E-state index contributed by atoms with van der Waals surface area (Å²) in [6.07, 6.45) is 1.62. The van der Waals surface area contributed by atoms with E-state index in [0.717, 1.165) is 23.6 Å². The minimum atomic E-state index is -3.43. The van der Waals surface area contributed by atoms with Crippen molar-refractivity contribution < 1.29 is 13.2 Å². The molecular weight excluding hydrogens is 300 g/mol. The van der Waals surface area contributed by atoms with E-state index in [9.17, 15) is 8.42 Å². The van der Waals surface area contributed by atoms with Crippen molar-refractivity contribution in [1.29, 1.82) is 0 Å². The van der Waals surface area contributed by atoms with E-state index < -0.39 is 17.9 Å². The van der Waals surface area contributed by atoms with Crippen molar-refractivity contribution in [2.75, 3.05) is 0 Å². The van der Waals surface area contributed by atoms with Gasteiger partial charge in [-0.15, -0.1) is 0 Å². The zero-order valence-corrected chi connectivity index (χ0v) is 14.8. The maximum atomic E-state index is 13.1. The standard InChI is InChI=1S/C16H22O3SSi/c1-11-5-7-12(8-6-11)20(17,18)15-13-9-10-14(19-13)16(15)21(2,3)4/h5-8,13-14H,9-10H2,1-4H3/t13-,14+/m0/s1. The summed E-state index contributed by atoms with van der Waals surface area (Å²) in [4.78, 5) is 0.983. The summed E-state index contributed by atoms with van der Waals surface area (Å²) in [6.45, 7) is 8.58. The highest BCUT2D eigenvalue weighted by Gasteiger charge is 2.49. The maximum absolute atomic E-state index is 13.1. The Morgan fingerprint density at radius 3 is 2.19 bits per heavy atom. The van der Waals surface area contributed by atoms with Crippen LogP contribution in [0.5, 0.6) is 0 Å². The number of hydrogen-bond donors (Lipinski definition) is 0. The molecule has 0 aliphatic carbocycles. The molecule has 0 unspecified atom stereocenters. The van der Waals surface area contributed by atoms with Gasteiger partial charge in [0, 0.05) is 0 Å². The molecule has 1 fully saturated rings. The molecule has 3 nitrogen and oxygen atoms in total. The lowest BCUT2D eigenvalue weighted by molar-refractivity contribution is 0.117. The van der Waals surface area contributed by atoms with Crippen molar-refractivity contribution in [3.8, 4) is 0 Å². The Bertz CT molecular complexity index is 696. The van der Waals surface area contributed by atoms with Crippen molar-refractivity contribution in [3.05, 3.63) is 39.9 Å². The number of ether oxygens (including phenoxy) is 1. The molecule has 2 heterocycles. The minimum Gasteiger partial charge on any atom is -0.366 e.